The molecule has 0 bridgehead atoms. The fourth-order valence-electron chi connectivity index (χ4n) is 0.854. The van der Waals surface area contributed by atoms with Gasteiger partial charge in [0.15, 0.2) is 23.3 Å². The summed E-state index contributed by atoms with van der Waals surface area (Å²) in [5, 5.41) is 0. The molecule has 0 unspecified atom stereocenters. The van der Waals surface area contributed by atoms with Crippen molar-refractivity contribution < 1.29 is 30.7 Å². The minimum atomic E-state index is -4.34. The summed E-state index contributed by atoms with van der Waals surface area (Å²) in [4.78, 5) is -4.34. The first-order chi connectivity index (χ1) is 6.68. The zero-order valence-electron chi connectivity index (χ0n) is 6.52. The van der Waals surface area contributed by atoms with Gasteiger partial charge in [-0.2, -0.15) is 8.78 Å². The molecule has 15 heavy (non-hydrogen) atoms. The first-order valence-corrected chi connectivity index (χ1v) is 4.05. The van der Waals surface area contributed by atoms with Crippen LogP contribution in [0.2, 0.25) is 0 Å². The molecule has 0 aliphatic heterocycles. The zero-order valence-corrected chi connectivity index (χ0v) is 8.11. The molecule has 0 saturated heterocycles. The van der Waals surface area contributed by atoms with Crippen LogP contribution in [0.3, 0.4) is 0 Å². The second-order valence-electron chi connectivity index (χ2n) is 2.44. The van der Waals surface area contributed by atoms with E-state index in [1.807, 2.05) is 0 Å². The van der Waals surface area contributed by atoms with Crippen molar-refractivity contribution in [1.29, 1.82) is 0 Å². The van der Waals surface area contributed by atoms with Crippen LogP contribution >= 0.6 is 15.9 Å². The van der Waals surface area contributed by atoms with E-state index in [0.29, 0.717) is 0 Å². The number of rotatable bonds is 1. The second-order valence-corrected chi connectivity index (χ2v) is 3.44. The summed E-state index contributed by atoms with van der Waals surface area (Å²) in [7, 11) is 0. The zero-order chi connectivity index (χ0) is 12.0. The van der Waals surface area contributed by atoms with Gasteiger partial charge in [-0.25, -0.2) is 22.0 Å². The van der Waals surface area contributed by atoms with Gasteiger partial charge >= 0.3 is 4.83 Å². The molecule has 0 aromatic heterocycles. The largest absolute Gasteiger partial charge is 0.332 e. The molecule has 0 heterocycles. The molecule has 0 amide bonds. The van der Waals surface area contributed by atoms with Crippen LogP contribution in [0.5, 0.6) is 0 Å². The lowest BCUT2D eigenvalue weighted by Crippen LogP contribution is -2.15. The minimum absolute atomic E-state index is 1.51. The molecular formula is C7BrF7. The maximum atomic E-state index is 12.7. The molecule has 0 spiro atoms. The van der Waals surface area contributed by atoms with E-state index in [1.165, 1.54) is 15.9 Å². The van der Waals surface area contributed by atoms with Crippen LogP contribution in [-0.2, 0) is 4.83 Å². The van der Waals surface area contributed by atoms with Crippen LogP contribution in [-0.4, -0.2) is 0 Å². The summed E-state index contributed by atoms with van der Waals surface area (Å²) in [5.74, 6) is -12.4. The lowest BCUT2D eigenvalue weighted by molar-refractivity contribution is 0.101. The van der Waals surface area contributed by atoms with Crippen LogP contribution < -0.4 is 0 Å². The average molecular weight is 297 g/mol. The monoisotopic (exact) mass is 296 g/mol. The van der Waals surface area contributed by atoms with Gasteiger partial charge in [0.2, 0.25) is 5.82 Å². The molecule has 0 N–H and O–H groups in total. The van der Waals surface area contributed by atoms with Gasteiger partial charge in [-0.3, -0.25) is 0 Å². The Bertz CT molecular complexity index is 380. The van der Waals surface area contributed by atoms with Gasteiger partial charge in [0.1, 0.15) is 5.56 Å². The van der Waals surface area contributed by atoms with Gasteiger partial charge in [0.25, 0.3) is 0 Å². The van der Waals surface area contributed by atoms with E-state index >= 15 is 0 Å². The van der Waals surface area contributed by atoms with Crippen molar-refractivity contribution in [2.45, 2.75) is 4.83 Å². The van der Waals surface area contributed by atoms with E-state index < -0.39 is 39.5 Å². The van der Waals surface area contributed by atoms with Crippen molar-refractivity contribution in [2.24, 2.45) is 0 Å². The van der Waals surface area contributed by atoms with E-state index in [9.17, 15) is 30.7 Å². The second kappa shape index (κ2) is 3.66. The van der Waals surface area contributed by atoms with Crippen LogP contribution in [0.4, 0.5) is 30.7 Å². The summed E-state index contributed by atoms with van der Waals surface area (Å²) < 4.78 is 87.5. The van der Waals surface area contributed by atoms with Gasteiger partial charge in [0, 0.05) is 0 Å². The highest BCUT2D eigenvalue weighted by Crippen LogP contribution is 2.39. The average Bonchev–Trinajstić information content (AvgIpc) is 2.09. The first kappa shape index (κ1) is 12.3. The van der Waals surface area contributed by atoms with Crippen molar-refractivity contribution in [3.63, 3.8) is 0 Å². The Morgan fingerprint density at radius 1 is 0.667 bits per heavy atom. The van der Waals surface area contributed by atoms with Crippen molar-refractivity contribution in [1.82, 2.24) is 0 Å². The molecule has 8 heteroatoms. The number of halogens is 8. The van der Waals surface area contributed by atoms with Crippen molar-refractivity contribution in [3.05, 3.63) is 34.6 Å². The Kier molecular flexibility index (Phi) is 2.99. The number of benzene rings is 1. The van der Waals surface area contributed by atoms with Crippen molar-refractivity contribution in [2.75, 3.05) is 0 Å². The highest BCUT2D eigenvalue weighted by molar-refractivity contribution is 9.09. The molecule has 0 radical (unpaired) electrons. The third-order valence-electron chi connectivity index (χ3n) is 1.49. The van der Waals surface area contributed by atoms with E-state index in [-0.39, 0.29) is 0 Å². The highest BCUT2D eigenvalue weighted by Gasteiger charge is 2.39. The third kappa shape index (κ3) is 1.95. The first-order valence-electron chi connectivity index (χ1n) is 3.26. The molecule has 0 fully saturated rings. The van der Waals surface area contributed by atoms with E-state index in [1.54, 1.807) is 0 Å². The summed E-state index contributed by atoms with van der Waals surface area (Å²) >= 11 is 1.51. The molecule has 0 aliphatic rings. The number of alkyl halides is 3. The number of hydrogen-bond acceptors (Lipinski definition) is 0. The molecule has 0 atom stereocenters. The van der Waals surface area contributed by atoms with Crippen molar-refractivity contribution in [3.8, 4) is 0 Å². The Hall–Kier alpha value is -0.790. The molecule has 84 valence electrons. The number of hydrogen-bond donors (Lipinski definition) is 0. The van der Waals surface area contributed by atoms with E-state index in [2.05, 4.69) is 0 Å². The quantitative estimate of drug-likeness (QED) is 0.320. The Balaban J connectivity index is 3.68. The van der Waals surface area contributed by atoms with Gasteiger partial charge < -0.3 is 0 Å². The minimum Gasteiger partial charge on any atom is -0.203 e. The maximum Gasteiger partial charge on any atom is 0.332 e. The van der Waals surface area contributed by atoms with Gasteiger partial charge in [0.05, 0.1) is 0 Å². The smallest absolute Gasteiger partial charge is 0.203 e. The van der Waals surface area contributed by atoms with Crippen LogP contribution in [0.25, 0.3) is 0 Å². The summed E-state index contributed by atoms with van der Waals surface area (Å²) in [6, 6.07) is 0. The molecular weight excluding hydrogens is 297 g/mol. The Morgan fingerprint density at radius 2 is 0.933 bits per heavy atom. The Morgan fingerprint density at radius 3 is 1.20 bits per heavy atom. The topological polar surface area (TPSA) is 0 Å². The maximum absolute atomic E-state index is 12.7. The molecule has 0 nitrogen and oxygen atoms in total. The fourth-order valence-corrected chi connectivity index (χ4v) is 1.20. The van der Waals surface area contributed by atoms with Crippen LogP contribution in [0, 0.1) is 29.1 Å². The standard InChI is InChI=1S/C7BrF7/c8-7(14,15)1-2(9)4(11)6(13)5(12)3(1)10. The molecule has 1 rings (SSSR count). The van der Waals surface area contributed by atoms with Crippen LogP contribution in [0.1, 0.15) is 5.56 Å². The predicted molar refractivity (Wildman–Crippen MR) is 39.1 cm³/mol. The SMILES string of the molecule is Fc1c(F)c(F)c(C(F)(F)Br)c(F)c1F. The lowest BCUT2D eigenvalue weighted by Gasteiger charge is -2.12. The Labute approximate surface area is 86.8 Å². The van der Waals surface area contributed by atoms with Crippen molar-refractivity contribution >= 4 is 15.9 Å². The molecule has 1 aromatic rings. The lowest BCUT2D eigenvalue weighted by atomic mass is 10.2. The normalized spacial score (nSPS) is 12.0. The highest BCUT2D eigenvalue weighted by atomic mass is 79.9. The summed E-state index contributed by atoms with van der Waals surface area (Å²) in [6.45, 7) is 0. The van der Waals surface area contributed by atoms with E-state index in [4.69, 9.17) is 0 Å². The van der Waals surface area contributed by atoms with Gasteiger partial charge in [-0.15, -0.1) is 0 Å². The van der Waals surface area contributed by atoms with Gasteiger partial charge in [-0.1, -0.05) is 0 Å². The predicted octanol–water partition coefficient (Wildman–Crippen LogP) is 3.83. The summed E-state index contributed by atoms with van der Waals surface area (Å²) in [5.41, 5.74) is -2.21. The third-order valence-corrected chi connectivity index (χ3v) is 1.89. The molecule has 0 saturated carbocycles. The van der Waals surface area contributed by atoms with E-state index in [0.717, 1.165) is 0 Å². The fraction of sp³-hybridized carbons (Fsp3) is 0.143. The molecule has 1 aromatic carbocycles. The van der Waals surface area contributed by atoms with Crippen LogP contribution in [0.15, 0.2) is 0 Å². The summed E-state index contributed by atoms with van der Waals surface area (Å²) in [6.07, 6.45) is 0. The molecule has 0 aliphatic carbocycles. The van der Waals surface area contributed by atoms with Gasteiger partial charge in [-0.05, 0) is 15.9 Å².